The Bertz CT molecular complexity index is 802. The van der Waals surface area contributed by atoms with Gasteiger partial charge >= 0.3 is 0 Å². The Labute approximate surface area is 122 Å². The normalized spacial score (nSPS) is 11.0. The number of benzene rings is 1. The van der Waals surface area contributed by atoms with E-state index < -0.39 is 0 Å². The first kappa shape index (κ1) is 13.0. The minimum Gasteiger partial charge on any atom is -0.438 e. The fourth-order valence-corrected chi connectivity index (χ4v) is 2.13. The zero-order chi connectivity index (χ0) is 14.3. The van der Waals surface area contributed by atoms with Crippen LogP contribution in [0.2, 0.25) is 0 Å². The average molecular weight is 337 g/mol. The standard InChI is InChI=1S/C13H10BrFN4O/c1-7-8(2)18-13-16-6-17-19(13)12(7)20-9-3-4-11(15)10(14)5-9/h3-6H,1-2H3. The molecule has 0 saturated carbocycles. The van der Waals surface area contributed by atoms with E-state index in [0.29, 0.717) is 21.9 Å². The third-order valence-corrected chi connectivity index (χ3v) is 3.57. The first-order valence-corrected chi connectivity index (χ1v) is 6.65. The van der Waals surface area contributed by atoms with Crippen LogP contribution in [0.3, 0.4) is 0 Å². The SMILES string of the molecule is Cc1nc2ncnn2c(Oc2ccc(F)c(Br)c2)c1C. The largest absolute Gasteiger partial charge is 0.438 e. The van der Waals surface area contributed by atoms with Crippen molar-refractivity contribution >= 4 is 21.7 Å². The second-order valence-electron chi connectivity index (χ2n) is 4.28. The van der Waals surface area contributed by atoms with Crippen molar-refractivity contribution in [1.82, 2.24) is 19.6 Å². The minimum atomic E-state index is -0.342. The number of nitrogens with zero attached hydrogens (tertiary/aromatic N) is 4. The summed E-state index contributed by atoms with van der Waals surface area (Å²) in [6.45, 7) is 3.76. The van der Waals surface area contributed by atoms with Crippen LogP contribution in [-0.4, -0.2) is 19.6 Å². The molecular formula is C13H10BrFN4O. The van der Waals surface area contributed by atoms with E-state index in [4.69, 9.17) is 4.74 Å². The van der Waals surface area contributed by atoms with E-state index in [2.05, 4.69) is 31.0 Å². The lowest BCUT2D eigenvalue weighted by Crippen LogP contribution is -2.03. The molecule has 0 atom stereocenters. The molecule has 0 unspecified atom stereocenters. The van der Waals surface area contributed by atoms with Gasteiger partial charge in [0.1, 0.15) is 17.9 Å². The van der Waals surface area contributed by atoms with Crippen LogP contribution in [0.4, 0.5) is 4.39 Å². The van der Waals surface area contributed by atoms with Crippen molar-refractivity contribution in [2.45, 2.75) is 13.8 Å². The number of aromatic nitrogens is 4. The highest BCUT2D eigenvalue weighted by atomic mass is 79.9. The third kappa shape index (κ3) is 2.14. The Morgan fingerprint density at radius 3 is 2.85 bits per heavy atom. The van der Waals surface area contributed by atoms with E-state index in [1.165, 1.54) is 16.9 Å². The van der Waals surface area contributed by atoms with Gasteiger partial charge in [-0.3, -0.25) is 0 Å². The first-order valence-electron chi connectivity index (χ1n) is 5.86. The van der Waals surface area contributed by atoms with Gasteiger partial charge < -0.3 is 4.74 Å². The predicted octanol–water partition coefficient (Wildman–Crippen LogP) is 3.44. The Hall–Kier alpha value is -2.02. The molecular weight excluding hydrogens is 327 g/mol. The molecule has 2 heterocycles. The van der Waals surface area contributed by atoms with Crippen molar-refractivity contribution in [2.75, 3.05) is 0 Å². The fraction of sp³-hybridized carbons (Fsp3) is 0.154. The predicted molar refractivity (Wildman–Crippen MR) is 74.4 cm³/mol. The molecule has 1 aromatic carbocycles. The van der Waals surface area contributed by atoms with Crippen LogP contribution in [0.1, 0.15) is 11.3 Å². The van der Waals surface area contributed by atoms with Crippen molar-refractivity contribution in [3.8, 4) is 11.6 Å². The highest BCUT2D eigenvalue weighted by Gasteiger charge is 2.13. The summed E-state index contributed by atoms with van der Waals surface area (Å²) in [5.74, 6) is 1.14. The summed E-state index contributed by atoms with van der Waals surface area (Å²) in [5.41, 5.74) is 1.66. The number of aryl methyl sites for hydroxylation is 1. The fourth-order valence-electron chi connectivity index (χ4n) is 1.77. The molecule has 0 aliphatic carbocycles. The van der Waals surface area contributed by atoms with Gasteiger partial charge in [0.05, 0.1) is 4.47 Å². The lowest BCUT2D eigenvalue weighted by atomic mass is 10.2. The molecule has 0 N–H and O–H groups in total. The van der Waals surface area contributed by atoms with Gasteiger partial charge in [0.15, 0.2) is 0 Å². The smallest absolute Gasteiger partial charge is 0.255 e. The molecule has 2 aromatic heterocycles. The van der Waals surface area contributed by atoms with E-state index in [-0.39, 0.29) is 5.82 Å². The third-order valence-electron chi connectivity index (χ3n) is 2.96. The van der Waals surface area contributed by atoms with Gasteiger partial charge in [-0.1, -0.05) is 0 Å². The van der Waals surface area contributed by atoms with Crippen LogP contribution >= 0.6 is 15.9 Å². The molecule has 3 aromatic rings. The van der Waals surface area contributed by atoms with Gasteiger partial charge in [-0.2, -0.15) is 14.6 Å². The van der Waals surface area contributed by atoms with Crippen LogP contribution in [-0.2, 0) is 0 Å². The molecule has 102 valence electrons. The van der Waals surface area contributed by atoms with Crippen LogP contribution in [0, 0.1) is 19.7 Å². The lowest BCUT2D eigenvalue weighted by Gasteiger charge is -2.11. The van der Waals surface area contributed by atoms with E-state index >= 15 is 0 Å². The summed E-state index contributed by atoms with van der Waals surface area (Å²) in [6.07, 6.45) is 1.41. The van der Waals surface area contributed by atoms with Gasteiger partial charge in [0.25, 0.3) is 5.78 Å². The van der Waals surface area contributed by atoms with E-state index in [1.807, 2.05) is 13.8 Å². The second kappa shape index (κ2) is 4.82. The van der Waals surface area contributed by atoms with Crippen molar-refractivity contribution in [2.24, 2.45) is 0 Å². The van der Waals surface area contributed by atoms with Crippen molar-refractivity contribution in [3.63, 3.8) is 0 Å². The first-order chi connectivity index (χ1) is 9.56. The summed E-state index contributed by atoms with van der Waals surface area (Å²) < 4.78 is 20.9. The molecule has 5 nitrogen and oxygen atoms in total. The molecule has 20 heavy (non-hydrogen) atoms. The second-order valence-corrected chi connectivity index (χ2v) is 5.13. The summed E-state index contributed by atoms with van der Waals surface area (Å²) in [7, 11) is 0. The highest BCUT2D eigenvalue weighted by molar-refractivity contribution is 9.10. The Morgan fingerprint density at radius 2 is 2.10 bits per heavy atom. The van der Waals surface area contributed by atoms with Crippen molar-refractivity contribution in [1.29, 1.82) is 0 Å². The van der Waals surface area contributed by atoms with E-state index in [0.717, 1.165) is 11.3 Å². The van der Waals surface area contributed by atoms with Gasteiger partial charge in [-0.25, -0.2) is 9.37 Å². The van der Waals surface area contributed by atoms with Crippen molar-refractivity contribution in [3.05, 3.63) is 46.1 Å². The van der Waals surface area contributed by atoms with E-state index in [9.17, 15) is 4.39 Å². The highest BCUT2D eigenvalue weighted by Crippen LogP contribution is 2.29. The molecule has 0 amide bonds. The Morgan fingerprint density at radius 1 is 1.30 bits per heavy atom. The number of ether oxygens (including phenoxy) is 1. The summed E-state index contributed by atoms with van der Waals surface area (Å²) in [6, 6.07) is 4.45. The Balaban J connectivity index is 2.11. The maximum atomic E-state index is 13.2. The summed E-state index contributed by atoms with van der Waals surface area (Å²) in [4.78, 5) is 8.36. The molecule has 0 spiro atoms. The molecule has 0 aliphatic heterocycles. The topological polar surface area (TPSA) is 52.3 Å². The Kier molecular flexibility index (Phi) is 3.13. The molecule has 0 radical (unpaired) electrons. The maximum Gasteiger partial charge on any atom is 0.255 e. The minimum absolute atomic E-state index is 0.341. The van der Waals surface area contributed by atoms with Gasteiger partial charge in [0, 0.05) is 11.3 Å². The number of rotatable bonds is 2. The number of hydrogen-bond acceptors (Lipinski definition) is 4. The number of fused-ring (bicyclic) bond motifs is 1. The zero-order valence-corrected chi connectivity index (χ0v) is 12.3. The molecule has 7 heteroatoms. The molecule has 0 saturated heterocycles. The monoisotopic (exact) mass is 336 g/mol. The van der Waals surface area contributed by atoms with Crippen molar-refractivity contribution < 1.29 is 9.13 Å². The molecule has 0 aliphatic rings. The lowest BCUT2D eigenvalue weighted by molar-refractivity contribution is 0.439. The van der Waals surface area contributed by atoms with Gasteiger partial charge in [-0.05, 0) is 48.0 Å². The number of halogens is 2. The molecule has 0 fully saturated rings. The zero-order valence-electron chi connectivity index (χ0n) is 10.8. The number of hydrogen-bond donors (Lipinski definition) is 0. The average Bonchev–Trinajstić information content (AvgIpc) is 2.87. The molecule has 3 rings (SSSR count). The van der Waals surface area contributed by atoms with Gasteiger partial charge in [0.2, 0.25) is 5.88 Å². The summed E-state index contributed by atoms with van der Waals surface area (Å²) >= 11 is 3.13. The quantitative estimate of drug-likeness (QED) is 0.719. The summed E-state index contributed by atoms with van der Waals surface area (Å²) in [5, 5.41) is 4.09. The maximum absolute atomic E-state index is 13.2. The van der Waals surface area contributed by atoms with Crippen LogP contribution in [0.5, 0.6) is 11.6 Å². The van der Waals surface area contributed by atoms with Crippen LogP contribution < -0.4 is 4.74 Å². The van der Waals surface area contributed by atoms with Crippen LogP contribution in [0.25, 0.3) is 5.78 Å². The molecule has 0 bridgehead atoms. The van der Waals surface area contributed by atoms with E-state index in [1.54, 1.807) is 12.1 Å². The van der Waals surface area contributed by atoms with Gasteiger partial charge in [-0.15, -0.1) is 0 Å². The van der Waals surface area contributed by atoms with Crippen LogP contribution in [0.15, 0.2) is 29.0 Å².